The zero-order valence-electron chi connectivity index (χ0n) is 8.32. The number of hydrogen-bond acceptors (Lipinski definition) is 2. The summed E-state index contributed by atoms with van der Waals surface area (Å²) in [5.41, 5.74) is 0.559. The van der Waals surface area contributed by atoms with Crippen molar-refractivity contribution in [3.63, 3.8) is 0 Å². The molecule has 0 amide bonds. The molecule has 1 nitrogen and oxygen atoms in total. The number of rotatable bonds is 2. The summed E-state index contributed by atoms with van der Waals surface area (Å²) in [4.78, 5) is 0. The van der Waals surface area contributed by atoms with E-state index in [-0.39, 0.29) is 4.75 Å². The molecule has 0 saturated heterocycles. The predicted molar refractivity (Wildman–Crippen MR) is 58.7 cm³/mol. The molecular formula is C11H16OS. The van der Waals surface area contributed by atoms with E-state index >= 15 is 0 Å². The average Bonchev–Trinajstić information content (AvgIpc) is 2.03. The smallest absolute Gasteiger partial charge is 0.125 e. The predicted octanol–water partition coefficient (Wildman–Crippen LogP) is 3.21. The Morgan fingerprint density at radius 3 is 2.15 bits per heavy atom. The van der Waals surface area contributed by atoms with E-state index in [2.05, 4.69) is 20.8 Å². The van der Waals surface area contributed by atoms with Crippen LogP contribution in [0.4, 0.5) is 0 Å². The first-order chi connectivity index (χ1) is 5.99. The van der Waals surface area contributed by atoms with E-state index in [1.807, 2.05) is 30.3 Å². The van der Waals surface area contributed by atoms with Gasteiger partial charge in [-0.15, -0.1) is 11.8 Å². The molecule has 0 bridgehead atoms. The highest BCUT2D eigenvalue weighted by Crippen LogP contribution is 2.35. The van der Waals surface area contributed by atoms with Gasteiger partial charge in [-0.2, -0.15) is 0 Å². The van der Waals surface area contributed by atoms with Crippen LogP contribution in [0.15, 0.2) is 30.3 Å². The Morgan fingerprint density at radius 1 is 1.15 bits per heavy atom. The van der Waals surface area contributed by atoms with Crippen molar-refractivity contribution in [2.75, 3.05) is 0 Å². The quantitative estimate of drug-likeness (QED) is 0.733. The van der Waals surface area contributed by atoms with E-state index in [1.54, 1.807) is 11.8 Å². The molecule has 1 atom stereocenters. The van der Waals surface area contributed by atoms with Crippen LogP contribution in [-0.2, 0) is 0 Å². The van der Waals surface area contributed by atoms with E-state index in [0.717, 1.165) is 5.56 Å². The summed E-state index contributed by atoms with van der Waals surface area (Å²) in [6.45, 7) is 6.30. The number of aliphatic hydroxyl groups excluding tert-OH is 1. The van der Waals surface area contributed by atoms with Crippen LogP contribution in [0.3, 0.4) is 0 Å². The molecule has 0 aromatic heterocycles. The normalized spacial score (nSPS) is 14.2. The standard InChI is InChI=1S/C11H16OS/c1-11(2,3)13-10(12)9-7-5-4-6-8-9/h4-8,10,12H,1-3H3. The summed E-state index contributed by atoms with van der Waals surface area (Å²) < 4.78 is 0.0925. The summed E-state index contributed by atoms with van der Waals surface area (Å²) >= 11 is 1.57. The maximum atomic E-state index is 9.82. The van der Waals surface area contributed by atoms with Crippen LogP contribution in [0.2, 0.25) is 0 Å². The van der Waals surface area contributed by atoms with Crippen LogP contribution in [0, 0.1) is 0 Å². The summed E-state index contributed by atoms with van der Waals surface area (Å²) in [5.74, 6) is 0. The minimum absolute atomic E-state index is 0.0925. The SMILES string of the molecule is CC(C)(C)SC(O)c1ccccc1. The average molecular weight is 196 g/mol. The fraction of sp³-hybridized carbons (Fsp3) is 0.455. The van der Waals surface area contributed by atoms with Crippen LogP contribution in [-0.4, -0.2) is 9.85 Å². The van der Waals surface area contributed by atoms with Crippen LogP contribution < -0.4 is 0 Å². The first-order valence-electron chi connectivity index (χ1n) is 4.40. The fourth-order valence-electron chi connectivity index (χ4n) is 1.02. The van der Waals surface area contributed by atoms with Crippen LogP contribution >= 0.6 is 11.8 Å². The van der Waals surface area contributed by atoms with E-state index in [1.165, 1.54) is 0 Å². The molecule has 72 valence electrons. The van der Waals surface area contributed by atoms with E-state index in [0.29, 0.717) is 0 Å². The number of thioether (sulfide) groups is 1. The van der Waals surface area contributed by atoms with E-state index in [4.69, 9.17) is 0 Å². The first-order valence-corrected chi connectivity index (χ1v) is 5.28. The minimum Gasteiger partial charge on any atom is -0.378 e. The lowest BCUT2D eigenvalue weighted by Gasteiger charge is -2.21. The van der Waals surface area contributed by atoms with Crippen molar-refractivity contribution in [1.29, 1.82) is 0 Å². The molecule has 1 rings (SSSR count). The molecule has 2 heteroatoms. The van der Waals surface area contributed by atoms with Crippen LogP contribution in [0.25, 0.3) is 0 Å². The molecule has 0 radical (unpaired) electrons. The third-order valence-corrected chi connectivity index (χ3v) is 2.75. The molecule has 0 heterocycles. The zero-order chi connectivity index (χ0) is 9.90. The van der Waals surface area contributed by atoms with Gasteiger partial charge in [-0.1, -0.05) is 51.1 Å². The lowest BCUT2D eigenvalue weighted by Crippen LogP contribution is -2.10. The fourth-order valence-corrected chi connectivity index (χ4v) is 1.98. The minimum atomic E-state index is -0.416. The van der Waals surface area contributed by atoms with Crippen molar-refractivity contribution in [3.05, 3.63) is 35.9 Å². The second-order valence-electron chi connectivity index (χ2n) is 3.99. The number of benzene rings is 1. The molecule has 1 aromatic carbocycles. The topological polar surface area (TPSA) is 20.2 Å². The molecule has 0 saturated carbocycles. The van der Waals surface area contributed by atoms with Gasteiger partial charge < -0.3 is 5.11 Å². The number of aliphatic hydroxyl groups is 1. The van der Waals surface area contributed by atoms with Gasteiger partial charge in [0.1, 0.15) is 5.44 Å². The van der Waals surface area contributed by atoms with Gasteiger partial charge in [-0.25, -0.2) is 0 Å². The Labute approximate surface area is 84.2 Å². The Bertz CT molecular complexity index is 251. The van der Waals surface area contributed by atoms with Crippen molar-refractivity contribution in [2.24, 2.45) is 0 Å². The third kappa shape index (κ3) is 3.83. The Morgan fingerprint density at radius 2 is 1.69 bits per heavy atom. The maximum Gasteiger partial charge on any atom is 0.125 e. The summed E-state index contributed by atoms with van der Waals surface area (Å²) in [5, 5.41) is 9.82. The summed E-state index contributed by atoms with van der Waals surface area (Å²) in [6.07, 6.45) is 0. The van der Waals surface area contributed by atoms with Gasteiger partial charge in [0.2, 0.25) is 0 Å². The molecule has 0 spiro atoms. The second kappa shape index (κ2) is 4.16. The van der Waals surface area contributed by atoms with Crippen molar-refractivity contribution in [1.82, 2.24) is 0 Å². The molecule has 1 unspecified atom stereocenters. The number of hydrogen-bond donors (Lipinski definition) is 1. The van der Waals surface area contributed by atoms with Gasteiger partial charge in [-0.05, 0) is 5.56 Å². The molecule has 0 fully saturated rings. The summed E-state index contributed by atoms with van der Waals surface area (Å²) in [7, 11) is 0. The molecule has 0 aliphatic rings. The Balaban J connectivity index is 2.64. The Kier molecular flexibility index (Phi) is 3.40. The molecule has 1 N–H and O–H groups in total. The first kappa shape index (κ1) is 10.6. The highest BCUT2D eigenvalue weighted by molar-refractivity contribution is 8.00. The second-order valence-corrected chi connectivity index (χ2v) is 5.90. The highest BCUT2D eigenvalue weighted by atomic mass is 32.2. The van der Waals surface area contributed by atoms with Gasteiger partial charge in [0.05, 0.1) is 0 Å². The highest BCUT2D eigenvalue weighted by Gasteiger charge is 2.17. The van der Waals surface area contributed by atoms with Crippen LogP contribution in [0.5, 0.6) is 0 Å². The van der Waals surface area contributed by atoms with E-state index in [9.17, 15) is 5.11 Å². The largest absolute Gasteiger partial charge is 0.378 e. The van der Waals surface area contributed by atoms with Gasteiger partial charge in [0.15, 0.2) is 0 Å². The maximum absolute atomic E-state index is 9.82. The van der Waals surface area contributed by atoms with Gasteiger partial charge in [0, 0.05) is 4.75 Å². The van der Waals surface area contributed by atoms with Crippen molar-refractivity contribution < 1.29 is 5.11 Å². The van der Waals surface area contributed by atoms with Gasteiger partial charge in [0.25, 0.3) is 0 Å². The van der Waals surface area contributed by atoms with Crippen LogP contribution in [0.1, 0.15) is 31.8 Å². The summed E-state index contributed by atoms with van der Waals surface area (Å²) in [6, 6.07) is 9.74. The molecule has 13 heavy (non-hydrogen) atoms. The van der Waals surface area contributed by atoms with E-state index < -0.39 is 5.44 Å². The molecule has 0 aliphatic heterocycles. The van der Waals surface area contributed by atoms with Gasteiger partial charge >= 0.3 is 0 Å². The third-order valence-electron chi connectivity index (χ3n) is 1.55. The molecule has 0 aliphatic carbocycles. The van der Waals surface area contributed by atoms with Gasteiger partial charge in [-0.3, -0.25) is 0 Å². The lowest BCUT2D eigenvalue weighted by molar-refractivity contribution is 0.268. The van der Waals surface area contributed by atoms with Crippen molar-refractivity contribution in [2.45, 2.75) is 31.0 Å². The lowest BCUT2D eigenvalue weighted by atomic mass is 10.2. The monoisotopic (exact) mass is 196 g/mol. The van der Waals surface area contributed by atoms with Crippen molar-refractivity contribution >= 4 is 11.8 Å². The Hall–Kier alpha value is -0.470. The molecule has 1 aromatic rings. The zero-order valence-corrected chi connectivity index (χ0v) is 9.14. The molecular weight excluding hydrogens is 180 g/mol. The van der Waals surface area contributed by atoms with Crippen molar-refractivity contribution in [3.8, 4) is 0 Å².